The fourth-order valence-electron chi connectivity index (χ4n) is 1.83. The van der Waals surface area contributed by atoms with E-state index in [2.05, 4.69) is 5.32 Å². The highest BCUT2D eigenvalue weighted by Crippen LogP contribution is 2.12. The van der Waals surface area contributed by atoms with E-state index in [4.69, 9.17) is 9.47 Å². The molecule has 1 aromatic rings. The minimum atomic E-state index is -0.795. The highest BCUT2D eigenvalue weighted by Gasteiger charge is 2.21. The third-order valence-electron chi connectivity index (χ3n) is 2.90. The first kappa shape index (κ1) is 14.0. The summed E-state index contributed by atoms with van der Waals surface area (Å²) in [5, 5.41) is 4.53. The van der Waals surface area contributed by atoms with Crippen LogP contribution in [0.15, 0.2) is 17.5 Å². The third-order valence-corrected chi connectivity index (χ3v) is 3.75. The molecule has 2 heterocycles. The molecule has 5 nitrogen and oxygen atoms in total. The van der Waals surface area contributed by atoms with Crippen molar-refractivity contribution in [3.63, 3.8) is 0 Å². The van der Waals surface area contributed by atoms with Crippen molar-refractivity contribution < 1.29 is 19.1 Å². The van der Waals surface area contributed by atoms with Crippen molar-refractivity contribution in [3.05, 3.63) is 22.4 Å². The topological polar surface area (TPSA) is 64.6 Å². The third kappa shape index (κ3) is 4.04. The van der Waals surface area contributed by atoms with Crippen LogP contribution in [0, 0.1) is 0 Å². The van der Waals surface area contributed by atoms with E-state index in [1.54, 1.807) is 24.4 Å². The molecule has 1 N–H and O–H groups in total. The molecule has 0 unspecified atom stereocenters. The van der Waals surface area contributed by atoms with E-state index < -0.39 is 12.1 Å². The molecule has 1 amide bonds. The number of carbonyl (C=O) groups excluding carboxylic acids is 2. The molecule has 2 rings (SSSR count). The minimum absolute atomic E-state index is 0.0872. The molecular weight excluding hydrogens is 266 g/mol. The van der Waals surface area contributed by atoms with Gasteiger partial charge in [-0.2, -0.15) is 0 Å². The summed E-state index contributed by atoms with van der Waals surface area (Å²) in [6.45, 7) is 2.79. The molecule has 19 heavy (non-hydrogen) atoms. The molecule has 0 radical (unpaired) electrons. The Morgan fingerprint density at radius 1 is 1.63 bits per heavy atom. The van der Waals surface area contributed by atoms with Crippen LogP contribution in [-0.4, -0.2) is 37.2 Å². The van der Waals surface area contributed by atoms with E-state index >= 15 is 0 Å². The van der Waals surface area contributed by atoms with Crippen molar-refractivity contribution in [2.75, 3.05) is 13.2 Å². The molecule has 2 atom stereocenters. The number of nitrogens with one attached hydrogen (secondary N) is 1. The summed E-state index contributed by atoms with van der Waals surface area (Å²) in [5.74, 6) is -0.754. The van der Waals surface area contributed by atoms with Crippen molar-refractivity contribution in [3.8, 4) is 0 Å². The summed E-state index contributed by atoms with van der Waals surface area (Å²) >= 11 is 1.29. The smallest absolute Gasteiger partial charge is 0.349 e. The van der Waals surface area contributed by atoms with Gasteiger partial charge in [-0.25, -0.2) is 4.79 Å². The summed E-state index contributed by atoms with van der Waals surface area (Å²) < 4.78 is 10.5. The molecule has 0 aromatic carbocycles. The Morgan fingerprint density at radius 2 is 2.47 bits per heavy atom. The number of hydrogen-bond donors (Lipinski definition) is 1. The number of ether oxygens (including phenoxy) is 2. The van der Waals surface area contributed by atoms with E-state index in [-0.39, 0.29) is 12.0 Å². The summed E-state index contributed by atoms with van der Waals surface area (Å²) in [6, 6.07) is 3.44. The van der Waals surface area contributed by atoms with Crippen molar-refractivity contribution in [2.24, 2.45) is 0 Å². The quantitative estimate of drug-likeness (QED) is 0.833. The monoisotopic (exact) mass is 283 g/mol. The lowest BCUT2D eigenvalue weighted by Crippen LogP contribution is -2.39. The predicted octanol–water partition coefficient (Wildman–Crippen LogP) is 1.59. The molecule has 1 aliphatic heterocycles. The van der Waals surface area contributed by atoms with Crippen LogP contribution in [0.5, 0.6) is 0 Å². The number of hydrogen-bond acceptors (Lipinski definition) is 5. The first-order chi connectivity index (χ1) is 9.16. The van der Waals surface area contributed by atoms with Gasteiger partial charge in [0.25, 0.3) is 5.91 Å². The Balaban J connectivity index is 1.74. The molecule has 1 aliphatic rings. The van der Waals surface area contributed by atoms with Crippen molar-refractivity contribution in [1.82, 2.24) is 5.32 Å². The number of thiophene rings is 1. The average Bonchev–Trinajstić information content (AvgIpc) is 3.08. The minimum Gasteiger partial charge on any atom is -0.448 e. The van der Waals surface area contributed by atoms with Crippen molar-refractivity contribution in [2.45, 2.75) is 32.0 Å². The second-order valence-corrected chi connectivity index (χ2v) is 5.35. The Bertz CT molecular complexity index is 426. The Kier molecular flexibility index (Phi) is 4.93. The van der Waals surface area contributed by atoms with Crippen LogP contribution in [0.1, 0.15) is 29.4 Å². The van der Waals surface area contributed by atoms with Crippen LogP contribution in [0.2, 0.25) is 0 Å². The molecule has 1 aromatic heterocycles. The number of carbonyl (C=O) groups is 2. The van der Waals surface area contributed by atoms with Gasteiger partial charge in [-0.3, -0.25) is 4.79 Å². The van der Waals surface area contributed by atoms with Crippen LogP contribution >= 0.6 is 11.3 Å². The molecule has 1 saturated heterocycles. The number of esters is 1. The molecular formula is C13H17NO4S. The van der Waals surface area contributed by atoms with Crippen molar-refractivity contribution in [1.29, 1.82) is 0 Å². The first-order valence-corrected chi connectivity index (χ1v) is 7.18. The molecule has 0 bridgehead atoms. The second kappa shape index (κ2) is 6.68. The van der Waals surface area contributed by atoms with E-state index in [0.717, 1.165) is 19.4 Å². The fraction of sp³-hybridized carbons (Fsp3) is 0.538. The summed E-state index contributed by atoms with van der Waals surface area (Å²) in [5.41, 5.74) is 0. The lowest BCUT2D eigenvalue weighted by atomic mass is 10.2. The average molecular weight is 283 g/mol. The van der Waals surface area contributed by atoms with Crippen molar-refractivity contribution >= 4 is 23.2 Å². The van der Waals surface area contributed by atoms with Gasteiger partial charge in [0, 0.05) is 13.2 Å². The molecule has 1 fully saturated rings. The maximum atomic E-state index is 11.8. The normalized spacial score (nSPS) is 19.9. The lowest BCUT2D eigenvalue weighted by molar-refractivity contribution is -0.129. The van der Waals surface area contributed by atoms with E-state index in [9.17, 15) is 9.59 Å². The van der Waals surface area contributed by atoms with Gasteiger partial charge < -0.3 is 14.8 Å². The Labute approximate surface area is 115 Å². The zero-order chi connectivity index (χ0) is 13.7. The van der Waals surface area contributed by atoms with E-state index in [1.807, 2.05) is 0 Å². The van der Waals surface area contributed by atoms with Gasteiger partial charge >= 0.3 is 5.97 Å². The SMILES string of the molecule is C[C@@H](OC(=O)c1cccs1)C(=O)NC[C@H]1CCCO1. The Hall–Kier alpha value is -1.40. The second-order valence-electron chi connectivity index (χ2n) is 4.41. The zero-order valence-corrected chi connectivity index (χ0v) is 11.6. The maximum absolute atomic E-state index is 11.8. The molecule has 0 aliphatic carbocycles. The lowest BCUT2D eigenvalue weighted by Gasteiger charge is -2.15. The van der Waals surface area contributed by atoms with Gasteiger partial charge in [-0.15, -0.1) is 11.3 Å². The van der Waals surface area contributed by atoms with Gasteiger partial charge in [0.1, 0.15) is 4.88 Å². The fourth-order valence-corrected chi connectivity index (χ4v) is 2.44. The maximum Gasteiger partial charge on any atom is 0.349 e. The summed E-state index contributed by atoms with van der Waals surface area (Å²) in [7, 11) is 0. The molecule has 0 spiro atoms. The van der Waals surface area contributed by atoms with Gasteiger partial charge in [-0.1, -0.05) is 6.07 Å². The van der Waals surface area contributed by atoms with Crippen LogP contribution < -0.4 is 5.32 Å². The largest absolute Gasteiger partial charge is 0.448 e. The van der Waals surface area contributed by atoms with Crippen LogP contribution in [0.4, 0.5) is 0 Å². The van der Waals surface area contributed by atoms with Gasteiger partial charge in [0.15, 0.2) is 6.10 Å². The van der Waals surface area contributed by atoms with Crippen LogP contribution in [0.3, 0.4) is 0 Å². The number of rotatable bonds is 5. The first-order valence-electron chi connectivity index (χ1n) is 6.30. The van der Waals surface area contributed by atoms with E-state index in [1.165, 1.54) is 11.3 Å². The Morgan fingerprint density at radius 3 is 3.11 bits per heavy atom. The molecule has 0 saturated carbocycles. The van der Waals surface area contributed by atoms with Gasteiger partial charge in [0.2, 0.25) is 0 Å². The molecule has 104 valence electrons. The van der Waals surface area contributed by atoms with Crippen LogP contribution in [0.25, 0.3) is 0 Å². The summed E-state index contributed by atoms with van der Waals surface area (Å²) in [6.07, 6.45) is 1.28. The standard InChI is InChI=1S/C13H17NO4S/c1-9(18-13(16)11-5-3-7-19-11)12(15)14-8-10-4-2-6-17-10/h3,5,7,9-10H,2,4,6,8H2,1H3,(H,14,15)/t9-,10-/m1/s1. The van der Waals surface area contributed by atoms with Gasteiger partial charge in [0.05, 0.1) is 6.10 Å². The highest BCUT2D eigenvalue weighted by molar-refractivity contribution is 7.11. The summed E-state index contributed by atoms with van der Waals surface area (Å²) in [4.78, 5) is 23.9. The zero-order valence-electron chi connectivity index (χ0n) is 10.8. The highest BCUT2D eigenvalue weighted by atomic mass is 32.1. The predicted molar refractivity (Wildman–Crippen MR) is 71.2 cm³/mol. The number of amides is 1. The van der Waals surface area contributed by atoms with Crippen LogP contribution in [-0.2, 0) is 14.3 Å². The molecule has 6 heteroatoms. The van der Waals surface area contributed by atoms with Gasteiger partial charge in [-0.05, 0) is 31.2 Å². The van der Waals surface area contributed by atoms with E-state index in [0.29, 0.717) is 11.4 Å².